The molecule has 1 aliphatic rings. The topological polar surface area (TPSA) is 95.9 Å². The third kappa shape index (κ3) is 6.29. The maximum Gasteiger partial charge on any atom is 0.350 e. The number of rotatable bonds is 7. The van der Waals surface area contributed by atoms with Gasteiger partial charge in [-0.15, -0.1) is 35.3 Å². The van der Waals surface area contributed by atoms with Crippen LogP contribution in [0.2, 0.25) is 0 Å². The van der Waals surface area contributed by atoms with Crippen molar-refractivity contribution in [3.05, 3.63) is 15.6 Å². The van der Waals surface area contributed by atoms with Crippen LogP contribution in [-0.2, 0) is 9.53 Å². The van der Waals surface area contributed by atoms with E-state index in [1.807, 2.05) is 27.9 Å². The molecular weight excluding hydrogens is 517 g/mol. The number of aliphatic imine (C=N–C) groups is 1. The minimum absolute atomic E-state index is 0. The van der Waals surface area contributed by atoms with Crippen LogP contribution in [0.4, 0.5) is 0 Å². The van der Waals surface area contributed by atoms with Crippen LogP contribution in [0.15, 0.2) is 4.99 Å². The van der Waals surface area contributed by atoms with E-state index in [9.17, 15) is 9.59 Å². The summed E-state index contributed by atoms with van der Waals surface area (Å²) >= 11 is 1.33. The average Bonchev–Trinajstić information content (AvgIpc) is 3.32. The van der Waals surface area contributed by atoms with Crippen LogP contribution in [0, 0.1) is 12.3 Å². The maximum absolute atomic E-state index is 12.7. The lowest BCUT2D eigenvalue weighted by atomic mass is 9.84. The van der Waals surface area contributed by atoms with E-state index in [1.165, 1.54) is 11.3 Å². The van der Waals surface area contributed by atoms with Crippen LogP contribution in [0.5, 0.6) is 0 Å². The van der Waals surface area contributed by atoms with Crippen LogP contribution in [0.1, 0.15) is 65.9 Å². The highest BCUT2D eigenvalue weighted by Crippen LogP contribution is 2.39. The quantitative estimate of drug-likeness (QED) is 0.234. The van der Waals surface area contributed by atoms with E-state index in [4.69, 9.17) is 4.74 Å². The van der Waals surface area contributed by atoms with E-state index in [0.29, 0.717) is 29.7 Å². The number of aromatic nitrogens is 1. The predicted octanol–water partition coefficient (Wildman–Crippen LogP) is 3.12. The van der Waals surface area contributed by atoms with Gasteiger partial charge in [0, 0.05) is 27.7 Å². The fourth-order valence-electron chi connectivity index (χ4n) is 3.70. The fraction of sp³-hybridized carbons (Fsp3) is 0.700. The molecule has 10 heteroatoms. The highest BCUT2D eigenvalue weighted by atomic mass is 127. The molecule has 1 heterocycles. The summed E-state index contributed by atoms with van der Waals surface area (Å²) in [6, 6.07) is -0.142. The highest BCUT2D eigenvalue weighted by molar-refractivity contribution is 14.0. The molecule has 1 saturated carbocycles. The lowest BCUT2D eigenvalue weighted by Gasteiger charge is -2.31. The summed E-state index contributed by atoms with van der Waals surface area (Å²) in [6.45, 7) is 6.44. The number of halogens is 1. The molecule has 0 radical (unpaired) electrons. The number of aryl methyl sites for hydroxylation is 1. The molecule has 0 bridgehead atoms. The van der Waals surface area contributed by atoms with E-state index in [1.54, 1.807) is 18.9 Å². The lowest BCUT2D eigenvalue weighted by molar-refractivity contribution is -0.138. The van der Waals surface area contributed by atoms with Gasteiger partial charge in [0.05, 0.1) is 23.8 Å². The smallest absolute Gasteiger partial charge is 0.350 e. The SMILES string of the molecule is CCOC(=O)c1sc(C(C)NC(=NC)NCC2(C(=O)N(C)C)CCCC2)nc1C.I. The second-order valence-corrected chi connectivity index (χ2v) is 8.70. The van der Waals surface area contributed by atoms with Gasteiger partial charge in [-0.25, -0.2) is 9.78 Å². The molecule has 30 heavy (non-hydrogen) atoms. The van der Waals surface area contributed by atoms with Gasteiger partial charge in [0.15, 0.2) is 5.96 Å². The third-order valence-corrected chi connectivity index (χ3v) is 6.56. The number of carbonyl (C=O) groups excluding carboxylic acids is 2. The molecule has 170 valence electrons. The standard InChI is InChI=1S/C20H33N5O3S.HI/c1-7-28-17(26)15-13(2)23-16(29-15)14(3)24-19(21-4)22-12-20(10-8-9-11-20)18(27)25(5)6;/h14H,7-12H2,1-6H3,(H2,21,22,24);1H. The Kier molecular flexibility index (Phi) is 10.5. The van der Waals surface area contributed by atoms with Crippen LogP contribution in [-0.4, -0.2) is 62.0 Å². The van der Waals surface area contributed by atoms with Crippen LogP contribution >= 0.6 is 35.3 Å². The van der Waals surface area contributed by atoms with Gasteiger partial charge in [0.2, 0.25) is 5.91 Å². The minimum atomic E-state index is -0.376. The summed E-state index contributed by atoms with van der Waals surface area (Å²) in [6.07, 6.45) is 3.91. The van der Waals surface area contributed by atoms with Gasteiger partial charge >= 0.3 is 5.97 Å². The van der Waals surface area contributed by atoms with Crippen molar-refractivity contribution >= 4 is 53.1 Å². The first-order valence-electron chi connectivity index (χ1n) is 10.1. The molecule has 2 rings (SSSR count). The Balaban J connectivity index is 0.00000450. The van der Waals surface area contributed by atoms with Crippen molar-refractivity contribution in [3.8, 4) is 0 Å². The number of hydrogen-bond acceptors (Lipinski definition) is 6. The number of hydrogen-bond donors (Lipinski definition) is 2. The van der Waals surface area contributed by atoms with Crippen LogP contribution in [0.3, 0.4) is 0 Å². The molecule has 1 aliphatic carbocycles. The molecule has 2 N–H and O–H groups in total. The van der Waals surface area contributed by atoms with Gasteiger partial charge < -0.3 is 20.3 Å². The molecule has 1 unspecified atom stereocenters. The van der Waals surface area contributed by atoms with E-state index in [-0.39, 0.29) is 47.3 Å². The zero-order valence-corrected chi connectivity index (χ0v) is 21.8. The first-order chi connectivity index (χ1) is 13.7. The van der Waals surface area contributed by atoms with Crippen molar-refractivity contribution in [2.45, 2.75) is 52.5 Å². The molecule has 1 amide bonds. The summed E-state index contributed by atoms with van der Waals surface area (Å²) in [4.78, 5) is 35.8. The van der Waals surface area contributed by atoms with E-state index < -0.39 is 0 Å². The number of ether oxygens (including phenoxy) is 1. The average molecular weight is 551 g/mol. The Bertz CT molecular complexity index is 760. The molecule has 0 aromatic carbocycles. The number of amides is 1. The monoisotopic (exact) mass is 551 g/mol. The number of esters is 1. The van der Waals surface area contributed by atoms with Crippen molar-refractivity contribution in [1.29, 1.82) is 0 Å². The number of nitrogens with one attached hydrogen (secondary N) is 2. The zero-order chi connectivity index (χ0) is 21.6. The van der Waals surface area contributed by atoms with Gasteiger partial charge in [0.1, 0.15) is 9.88 Å². The number of carbonyl (C=O) groups is 2. The molecule has 0 aliphatic heterocycles. The van der Waals surface area contributed by atoms with Crippen molar-refractivity contribution in [2.75, 3.05) is 34.3 Å². The minimum Gasteiger partial charge on any atom is -0.462 e. The number of nitrogens with zero attached hydrogens (tertiary/aromatic N) is 3. The summed E-state index contributed by atoms with van der Waals surface area (Å²) in [7, 11) is 5.32. The van der Waals surface area contributed by atoms with Crippen molar-refractivity contribution in [1.82, 2.24) is 20.5 Å². The molecule has 0 spiro atoms. The lowest BCUT2D eigenvalue weighted by Crippen LogP contribution is -2.49. The molecule has 1 atom stereocenters. The predicted molar refractivity (Wildman–Crippen MR) is 131 cm³/mol. The van der Waals surface area contributed by atoms with Gasteiger partial charge in [0.25, 0.3) is 0 Å². The van der Waals surface area contributed by atoms with Crippen LogP contribution in [0.25, 0.3) is 0 Å². The Morgan fingerprint density at radius 3 is 2.50 bits per heavy atom. The first kappa shape index (κ1) is 26.6. The molecular formula is C20H34IN5O3S. The summed E-state index contributed by atoms with van der Waals surface area (Å²) in [5.41, 5.74) is 0.292. The summed E-state index contributed by atoms with van der Waals surface area (Å²) in [5.74, 6) is 0.440. The largest absolute Gasteiger partial charge is 0.462 e. The first-order valence-corrected chi connectivity index (χ1v) is 10.9. The van der Waals surface area contributed by atoms with E-state index in [0.717, 1.165) is 30.7 Å². The van der Waals surface area contributed by atoms with Crippen molar-refractivity contribution in [2.24, 2.45) is 10.4 Å². The van der Waals surface area contributed by atoms with Gasteiger partial charge in [-0.2, -0.15) is 0 Å². The van der Waals surface area contributed by atoms with Crippen molar-refractivity contribution in [3.63, 3.8) is 0 Å². The Morgan fingerprint density at radius 2 is 1.97 bits per heavy atom. The molecule has 8 nitrogen and oxygen atoms in total. The molecule has 1 aromatic heterocycles. The molecule has 1 aromatic rings. The van der Waals surface area contributed by atoms with Crippen molar-refractivity contribution < 1.29 is 14.3 Å². The second-order valence-electron chi connectivity index (χ2n) is 7.67. The normalized spacial score (nSPS) is 16.4. The Labute approximate surface area is 200 Å². The van der Waals surface area contributed by atoms with Crippen LogP contribution < -0.4 is 10.6 Å². The second kappa shape index (κ2) is 11.8. The highest BCUT2D eigenvalue weighted by Gasteiger charge is 2.42. The van der Waals surface area contributed by atoms with Gasteiger partial charge in [-0.3, -0.25) is 9.79 Å². The van der Waals surface area contributed by atoms with Gasteiger partial charge in [-0.05, 0) is 33.6 Å². The molecule has 0 saturated heterocycles. The van der Waals surface area contributed by atoms with E-state index >= 15 is 0 Å². The maximum atomic E-state index is 12.7. The number of guanidine groups is 1. The zero-order valence-electron chi connectivity index (χ0n) is 18.7. The van der Waals surface area contributed by atoms with E-state index in [2.05, 4.69) is 20.6 Å². The summed E-state index contributed by atoms with van der Waals surface area (Å²) < 4.78 is 5.09. The fourth-order valence-corrected chi connectivity index (χ4v) is 4.66. The number of thiazole rings is 1. The summed E-state index contributed by atoms with van der Waals surface area (Å²) in [5, 5.41) is 7.43. The Hall–Kier alpha value is -1.43. The molecule has 1 fully saturated rings. The third-order valence-electron chi connectivity index (χ3n) is 5.24. The van der Waals surface area contributed by atoms with Gasteiger partial charge in [-0.1, -0.05) is 12.8 Å². The Morgan fingerprint density at radius 1 is 1.33 bits per heavy atom.